The van der Waals surface area contributed by atoms with Crippen LogP contribution in [0.3, 0.4) is 0 Å². The summed E-state index contributed by atoms with van der Waals surface area (Å²) < 4.78 is 20.1. The van der Waals surface area contributed by atoms with E-state index in [4.69, 9.17) is 14.2 Å². The maximum absolute atomic E-state index is 12.2. The molecule has 8 nitrogen and oxygen atoms in total. The van der Waals surface area contributed by atoms with Gasteiger partial charge in [0.2, 0.25) is 6.79 Å². The highest BCUT2D eigenvalue weighted by molar-refractivity contribution is 6.03. The summed E-state index contributed by atoms with van der Waals surface area (Å²) >= 11 is 0. The SMILES string of the molecule is COC(=O)c1ccccc1C(=O)OCC(=O)NCc1ccc2c(c1)OCO2. The number of nitrogens with one attached hydrogen (secondary N) is 1. The first-order valence-electron chi connectivity index (χ1n) is 8.08. The van der Waals surface area contributed by atoms with Crippen LogP contribution < -0.4 is 14.8 Å². The van der Waals surface area contributed by atoms with Gasteiger partial charge in [-0.2, -0.15) is 0 Å². The minimum atomic E-state index is -0.783. The van der Waals surface area contributed by atoms with Gasteiger partial charge in [-0.3, -0.25) is 4.79 Å². The van der Waals surface area contributed by atoms with Gasteiger partial charge in [0.1, 0.15) is 0 Å². The molecule has 0 spiro atoms. The third-order valence-electron chi connectivity index (χ3n) is 3.81. The van der Waals surface area contributed by atoms with E-state index in [0.29, 0.717) is 11.5 Å². The van der Waals surface area contributed by atoms with Gasteiger partial charge in [0.25, 0.3) is 5.91 Å². The number of hydrogen-bond acceptors (Lipinski definition) is 7. The van der Waals surface area contributed by atoms with Crippen LogP contribution in [0.15, 0.2) is 42.5 Å². The quantitative estimate of drug-likeness (QED) is 0.771. The van der Waals surface area contributed by atoms with Crippen LogP contribution in [-0.4, -0.2) is 38.4 Å². The molecule has 1 amide bonds. The molecule has 1 aliphatic heterocycles. The third-order valence-corrected chi connectivity index (χ3v) is 3.81. The standard InChI is InChI=1S/C19H17NO7/c1-24-18(22)13-4-2-3-5-14(13)19(23)25-10-17(21)20-9-12-6-7-15-16(8-12)27-11-26-15/h2-8H,9-11H2,1H3,(H,20,21). The van der Waals surface area contributed by atoms with E-state index in [9.17, 15) is 14.4 Å². The number of ether oxygens (including phenoxy) is 4. The van der Waals surface area contributed by atoms with Gasteiger partial charge in [0, 0.05) is 6.54 Å². The summed E-state index contributed by atoms with van der Waals surface area (Å²) in [4.78, 5) is 35.8. The van der Waals surface area contributed by atoms with E-state index >= 15 is 0 Å². The van der Waals surface area contributed by atoms with Crippen LogP contribution in [0.1, 0.15) is 26.3 Å². The highest BCUT2D eigenvalue weighted by Gasteiger charge is 2.19. The van der Waals surface area contributed by atoms with E-state index in [2.05, 4.69) is 10.1 Å². The fourth-order valence-corrected chi connectivity index (χ4v) is 2.46. The van der Waals surface area contributed by atoms with Crippen molar-refractivity contribution in [3.63, 3.8) is 0 Å². The number of esters is 2. The lowest BCUT2D eigenvalue weighted by Crippen LogP contribution is -2.28. The Morgan fingerprint density at radius 3 is 2.44 bits per heavy atom. The molecule has 3 rings (SSSR count). The summed E-state index contributed by atoms with van der Waals surface area (Å²) in [5, 5.41) is 2.64. The van der Waals surface area contributed by atoms with E-state index in [1.807, 2.05) is 0 Å². The van der Waals surface area contributed by atoms with Crippen molar-refractivity contribution in [2.24, 2.45) is 0 Å². The Hall–Kier alpha value is -3.55. The fraction of sp³-hybridized carbons (Fsp3) is 0.211. The van der Waals surface area contributed by atoms with Gasteiger partial charge in [0.15, 0.2) is 18.1 Å². The van der Waals surface area contributed by atoms with E-state index in [1.165, 1.54) is 19.2 Å². The van der Waals surface area contributed by atoms with Gasteiger partial charge in [-0.15, -0.1) is 0 Å². The Labute approximate surface area is 155 Å². The molecule has 0 atom stereocenters. The van der Waals surface area contributed by atoms with Crippen molar-refractivity contribution >= 4 is 17.8 Å². The predicted octanol–water partition coefficient (Wildman–Crippen LogP) is 1.68. The Kier molecular flexibility index (Phi) is 5.55. The second kappa shape index (κ2) is 8.22. The van der Waals surface area contributed by atoms with Crippen molar-refractivity contribution < 1.29 is 33.3 Å². The molecule has 2 aromatic rings. The number of methoxy groups -OCH3 is 1. The highest BCUT2D eigenvalue weighted by Crippen LogP contribution is 2.32. The van der Waals surface area contributed by atoms with Crippen LogP contribution >= 0.6 is 0 Å². The molecule has 1 N–H and O–H groups in total. The minimum Gasteiger partial charge on any atom is -0.465 e. The van der Waals surface area contributed by atoms with Crippen LogP contribution in [0.25, 0.3) is 0 Å². The molecule has 0 aliphatic carbocycles. The smallest absolute Gasteiger partial charge is 0.339 e. The second-order valence-electron chi connectivity index (χ2n) is 5.58. The second-order valence-corrected chi connectivity index (χ2v) is 5.58. The maximum atomic E-state index is 12.2. The molecule has 0 aromatic heterocycles. The summed E-state index contributed by atoms with van der Waals surface area (Å²) in [5.74, 6) is -0.642. The molecular weight excluding hydrogens is 354 g/mol. The van der Waals surface area contributed by atoms with Gasteiger partial charge in [-0.1, -0.05) is 18.2 Å². The van der Waals surface area contributed by atoms with Crippen molar-refractivity contribution in [3.8, 4) is 11.5 Å². The Balaban J connectivity index is 1.52. The van der Waals surface area contributed by atoms with E-state index in [0.717, 1.165) is 5.56 Å². The van der Waals surface area contributed by atoms with Crippen molar-refractivity contribution in [2.45, 2.75) is 6.54 Å². The molecule has 1 aliphatic rings. The fourth-order valence-electron chi connectivity index (χ4n) is 2.46. The Bertz CT molecular complexity index is 878. The molecular formula is C19H17NO7. The number of amides is 1. The average molecular weight is 371 g/mol. The maximum Gasteiger partial charge on any atom is 0.339 e. The lowest BCUT2D eigenvalue weighted by atomic mass is 10.1. The molecule has 8 heteroatoms. The summed E-state index contributed by atoms with van der Waals surface area (Å²) in [6.45, 7) is -0.0567. The number of rotatable bonds is 6. The first-order chi connectivity index (χ1) is 13.1. The predicted molar refractivity (Wildman–Crippen MR) is 92.5 cm³/mol. The Morgan fingerprint density at radius 1 is 1.00 bits per heavy atom. The lowest BCUT2D eigenvalue weighted by Gasteiger charge is -2.09. The minimum absolute atomic E-state index is 0.0351. The molecule has 0 saturated carbocycles. The zero-order valence-electron chi connectivity index (χ0n) is 14.5. The largest absolute Gasteiger partial charge is 0.465 e. The molecule has 27 heavy (non-hydrogen) atoms. The molecule has 0 bridgehead atoms. The molecule has 0 saturated heterocycles. The first kappa shape index (κ1) is 18.2. The van der Waals surface area contributed by atoms with Crippen LogP contribution in [0.2, 0.25) is 0 Å². The summed E-state index contributed by atoms with van der Waals surface area (Å²) in [7, 11) is 1.22. The monoisotopic (exact) mass is 371 g/mol. The molecule has 0 unspecified atom stereocenters. The van der Waals surface area contributed by atoms with Gasteiger partial charge in [0.05, 0.1) is 18.2 Å². The summed E-state index contributed by atoms with van der Waals surface area (Å²) in [5.41, 5.74) is 0.925. The zero-order chi connectivity index (χ0) is 19.2. The van der Waals surface area contributed by atoms with Gasteiger partial charge < -0.3 is 24.3 Å². The molecule has 140 valence electrons. The molecule has 0 radical (unpaired) electrons. The van der Waals surface area contributed by atoms with Crippen molar-refractivity contribution in [3.05, 3.63) is 59.2 Å². The zero-order valence-corrected chi connectivity index (χ0v) is 14.5. The van der Waals surface area contributed by atoms with Crippen molar-refractivity contribution in [1.82, 2.24) is 5.32 Å². The van der Waals surface area contributed by atoms with Crippen LogP contribution in [0, 0.1) is 0 Å². The molecule has 1 heterocycles. The number of carbonyl (C=O) groups excluding carboxylic acids is 3. The lowest BCUT2D eigenvalue weighted by molar-refractivity contribution is -0.124. The van der Waals surface area contributed by atoms with Crippen molar-refractivity contribution in [2.75, 3.05) is 20.5 Å². The van der Waals surface area contributed by atoms with E-state index in [-0.39, 0.29) is 24.5 Å². The van der Waals surface area contributed by atoms with E-state index < -0.39 is 24.5 Å². The number of carbonyl (C=O) groups is 3. The molecule has 0 fully saturated rings. The third kappa shape index (κ3) is 4.35. The van der Waals surface area contributed by atoms with Crippen LogP contribution in [0.4, 0.5) is 0 Å². The molecule has 2 aromatic carbocycles. The normalized spacial score (nSPS) is 11.6. The summed E-state index contributed by atoms with van der Waals surface area (Å²) in [6.07, 6.45) is 0. The van der Waals surface area contributed by atoms with Gasteiger partial charge >= 0.3 is 11.9 Å². The topological polar surface area (TPSA) is 100 Å². The number of benzene rings is 2. The van der Waals surface area contributed by atoms with Crippen LogP contribution in [-0.2, 0) is 20.8 Å². The number of hydrogen-bond donors (Lipinski definition) is 1. The average Bonchev–Trinajstić information content (AvgIpc) is 3.17. The Morgan fingerprint density at radius 2 is 1.70 bits per heavy atom. The van der Waals surface area contributed by atoms with Crippen LogP contribution in [0.5, 0.6) is 11.5 Å². The first-order valence-corrected chi connectivity index (χ1v) is 8.08. The van der Waals surface area contributed by atoms with E-state index in [1.54, 1.807) is 30.3 Å². The van der Waals surface area contributed by atoms with Gasteiger partial charge in [-0.25, -0.2) is 9.59 Å². The van der Waals surface area contributed by atoms with Gasteiger partial charge in [-0.05, 0) is 29.8 Å². The van der Waals surface area contributed by atoms with Crippen molar-refractivity contribution in [1.29, 1.82) is 0 Å². The number of fused-ring (bicyclic) bond motifs is 1. The summed E-state index contributed by atoms with van der Waals surface area (Å²) in [6, 6.07) is 11.4. The highest BCUT2D eigenvalue weighted by atomic mass is 16.7.